The number of carbonyl (C=O) groups excluding carboxylic acids is 1. The van der Waals surface area contributed by atoms with Gasteiger partial charge in [-0.1, -0.05) is 66.2 Å². The Bertz CT molecular complexity index is 1660. The van der Waals surface area contributed by atoms with Gasteiger partial charge in [-0.05, 0) is 70.9 Å². The summed E-state index contributed by atoms with van der Waals surface area (Å²) < 4.78 is 27.7. The summed E-state index contributed by atoms with van der Waals surface area (Å²) in [6, 6.07) is 31.0. The van der Waals surface area contributed by atoms with Gasteiger partial charge in [-0.15, -0.1) is 0 Å². The van der Waals surface area contributed by atoms with Gasteiger partial charge < -0.3 is 0 Å². The van der Waals surface area contributed by atoms with Gasteiger partial charge in [0.1, 0.15) is 0 Å². The van der Waals surface area contributed by atoms with Crippen LogP contribution in [0.25, 0.3) is 21.5 Å². The maximum absolute atomic E-state index is 12.6. The first-order valence-electron chi connectivity index (χ1n) is 11.3. The molecule has 5 aromatic carbocycles. The van der Waals surface area contributed by atoms with Crippen molar-refractivity contribution >= 4 is 49.4 Å². The predicted octanol–water partition coefficient (Wildman–Crippen LogP) is 5.87. The van der Waals surface area contributed by atoms with Gasteiger partial charge in [0.05, 0.1) is 11.1 Å². The number of benzene rings is 5. The molecule has 0 heterocycles. The van der Waals surface area contributed by atoms with Crippen LogP contribution < -0.4 is 10.1 Å². The van der Waals surface area contributed by atoms with Crippen LogP contribution in [-0.4, -0.2) is 20.5 Å². The van der Waals surface area contributed by atoms with Crippen LogP contribution in [0, 0.1) is 6.92 Å². The van der Waals surface area contributed by atoms with Crippen LogP contribution in [0.5, 0.6) is 0 Å². The van der Waals surface area contributed by atoms with Crippen LogP contribution in [0.4, 0.5) is 5.69 Å². The van der Waals surface area contributed by atoms with Gasteiger partial charge in [-0.2, -0.15) is 5.10 Å². The van der Waals surface area contributed by atoms with E-state index in [0.717, 1.165) is 32.7 Å². The highest BCUT2D eigenvalue weighted by molar-refractivity contribution is 7.92. The molecule has 7 heteroatoms. The number of aryl methyl sites for hydroxylation is 1. The second kappa shape index (κ2) is 9.64. The number of rotatable bonds is 6. The molecular weight excluding hydrogens is 470 g/mol. The van der Waals surface area contributed by atoms with E-state index in [0.29, 0.717) is 11.3 Å². The smallest absolute Gasteiger partial charge is 0.271 e. The third-order valence-corrected chi connectivity index (χ3v) is 7.30. The molecule has 0 radical (unpaired) electrons. The minimum atomic E-state index is -3.72. The molecule has 5 aromatic rings. The molecule has 5 rings (SSSR count). The topological polar surface area (TPSA) is 87.6 Å². The summed E-state index contributed by atoms with van der Waals surface area (Å²) in [7, 11) is -3.72. The van der Waals surface area contributed by atoms with E-state index >= 15 is 0 Å². The summed E-state index contributed by atoms with van der Waals surface area (Å²) >= 11 is 0. The van der Waals surface area contributed by atoms with Crippen molar-refractivity contribution in [2.24, 2.45) is 5.10 Å². The second-order valence-corrected chi connectivity index (χ2v) is 10.1. The molecule has 0 aliphatic rings. The third-order valence-electron chi connectivity index (χ3n) is 5.90. The van der Waals surface area contributed by atoms with Crippen molar-refractivity contribution in [1.82, 2.24) is 5.43 Å². The quantitative estimate of drug-likeness (QED) is 0.176. The minimum Gasteiger partial charge on any atom is -0.280 e. The molecule has 36 heavy (non-hydrogen) atoms. The summed E-state index contributed by atoms with van der Waals surface area (Å²) in [5.74, 6) is -0.399. The van der Waals surface area contributed by atoms with Crippen molar-refractivity contribution in [2.75, 3.05) is 4.72 Å². The Morgan fingerprint density at radius 3 is 1.97 bits per heavy atom. The van der Waals surface area contributed by atoms with Crippen LogP contribution in [-0.2, 0) is 10.0 Å². The number of anilines is 1. The zero-order valence-electron chi connectivity index (χ0n) is 19.5. The molecule has 6 nitrogen and oxygen atoms in total. The lowest BCUT2D eigenvalue weighted by Gasteiger charge is -2.09. The molecule has 0 aliphatic carbocycles. The summed E-state index contributed by atoms with van der Waals surface area (Å²) in [5.41, 5.74) is 5.18. The number of carbonyl (C=O) groups is 1. The first kappa shape index (κ1) is 23.3. The fourth-order valence-corrected chi connectivity index (χ4v) is 5.09. The molecule has 0 spiro atoms. The SMILES string of the molecule is Cc1ccc(S(=O)(=O)Nc2ccc(C(=O)N/N=C/c3c4ccccc4cc4ccccc34)cc2)cc1. The number of nitrogens with zero attached hydrogens (tertiary/aromatic N) is 1. The van der Waals surface area contributed by atoms with Crippen LogP contribution in [0.15, 0.2) is 113 Å². The lowest BCUT2D eigenvalue weighted by Crippen LogP contribution is -2.18. The van der Waals surface area contributed by atoms with Gasteiger partial charge in [0.25, 0.3) is 15.9 Å². The molecule has 0 aromatic heterocycles. The summed E-state index contributed by atoms with van der Waals surface area (Å²) in [5, 5.41) is 8.47. The monoisotopic (exact) mass is 493 g/mol. The van der Waals surface area contributed by atoms with Crippen LogP contribution in [0.1, 0.15) is 21.5 Å². The Morgan fingerprint density at radius 1 is 0.778 bits per heavy atom. The highest BCUT2D eigenvalue weighted by Gasteiger charge is 2.14. The third kappa shape index (κ3) is 4.82. The molecule has 0 aliphatic heterocycles. The van der Waals surface area contributed by atoms with Gasteiger partial charge in [0.15, 0.2) is 0 Å². The number of hydrazone groups is 1. The molecule has 1 amide bonds. The Kier molecular flexibility index (Phi) is 6.23. The molecule has 0 saturated carbocycles. The van der Waals surface area contributed by atoms with Crippen LogP contribution in [0.3, 0.4) is 0 Å². The van der Waals surface area contributed by atoms with Gasteiger partial charge in [0, 0.05) is 16.8 Å². The van der Waals surface area contributed by atoms with Crippen molar-refractivity contribution in [1.29, 1.82) is 0 Å². The minimum absolute atomic E-state index is 0.171. The molecule has 0 bridgehead atoms. The number of amides is 1. The van der Waals surface area contributed by atoms with Crippen molar-refractivity contribution in [3.05, 3.63) is 120 Å². The Labute approximate surface area is 209 Å². The normalized spacial score (nSPS) is 11.7. The van der Waals surface area contributed by atoms with Crippen molar-refractivity contribution in [3.63, 3.8) is 0 Å². The van der Waals surface area contributed by atoms with E-state index in [1.54, 1.807) is 54.7 Å². The van der Waals surface area contributed by atoms with E-state index in [9.17, 15) is 13.2 Å². The lowest BCUT2D eigenvalue weighted by molar-refractivity contribution is 0.0955. The number of nitrogens with one attached hydrogen (secondary N) is 2. The van der Waals surface area contributed by atoms with E-state index in [1.807, 2.05) is 55.5 Å². The lowest BCUT2D eigenvalue weighted by atomic mass is 9.97. The molecular formula is C29H23N3O3S. The standard InChI is InChI=1S/C29H23N3O3S/c1-20-10-16-25(17-11-20)36(34,35)32-24-14-12-21(13-15-24)29(33)31-30-19-28-26-8-4-2-6-22(26)18-23-7-3-5-9-27(23)28/h2-19,32H,1H3,(H,31,33)/b30-19+. The first-order valence-corrected chi connectivity index (χ1v) is 12.8. The van der Waals surface area contributed by atoms with Crippen molar-refractivity contribution in [2.45, 2.75) is 11.8 Å². The van der Waals surface area contributed by atoms with E-state index in [1.165, 1.54) is 0 Å². The van der Waals surface area contributed by atoms with E-state index in [-0.39, 0.29) is 4.90 Å². The average molecular weight is 494 g/mol. The number of hydrogen-bond donors (Lipinski definition) is 2. The zero-order chi connectivity index (χ0) is 25.1. The number of hydrogen-bond acceptors (Lipinski definition) is 4. The largest absolute Gasteiger partial charge is 0.280 e. The summed E-state index contributed by atoms with van der Waals surface area (Å²) in [4.78, 5) is 12.8. The van der Waals surface area contributed by atoms with Gasteiger partial charge in [0.2, 0.25) is 0 Å². The first-order chi connectivity index (χ1) is 17.4. The fourth-order valence-electron chi connectivity index (χ4n) is 4.03. The van der Waals surface area contributed by atoms with Crippen LogP contribution in [0.2, 0.25) is 0 Å². The van der Waals surface area contributed by atoms with Gasteiger partial charge >= 0.3 is 0 Å². The predicted molar refractivity (Wildman–Crippen MR) is 145 cm³/mol. The van der Waals surface area contributed by atoms with Crippen LogP contribution >= 0.6 is 0 Å². The molecule has 2 N–H and O–H groups in total. The molecule has 0 saturated heterocycles. The van der Waals surface area contributed by atoms with E-state index < -0.39 is 15.9 Å². The number of fused-ring (bicyclic) bond motifs is 2. The van der Waals surface area contributed by atoms with E-state index in [2.05, 4.69) is 21.3 Å². The Hall–Kier alpha value is -4.49. The summed E-state index contributed by atoms with van der Waals surface area (Å²) in [6.45, 7) is 1.89. The Morgan fingerprint density at radius 2 is 1.36 bits per heavy atom. The highest BCUT2D eigenvalue weighted by atomic mass is 32.2. The summed E-state index contributed by atoms with van der Waals surface area (Å²) in [6.07, 6.45) is 1.66. The fraction of sp³-hybridized carbons (Fsp3) is 0.0345. The molecule has 0 unspecified atom stereocenters. The van der Waals surface area contributed by atoms with Crippen molar-refractivity contribution in [3.8, 4) is 0 Å². The average Bonchev–Trinajstić information content (AvgIpc) is 2.88. The van der Waals surface area contributed by atoms with Gasteiger partial charge in [-0.3, -0.25) is 9.52 Å². The maximum atomic E-state index is 12.6. The molecule has 178 valence electrons. The number of sulfonamides is 1. The zero-order valence-corrected chi connectivity index (χ0v) is 20.3. The Balaban J connectivity index is 1.32. The van der Waals surface area contributed by atoms with Crippen molar-refractivity contribution < 1.29 is 13.2 Å². The van der Waals surface area contributed by atoms with Gasteiger partial charge in [-0.25, -0.2) is 13.8 Å². The highest BCUT2D eigenvalue weighted by Crippen LogP contribution is 2.27. The molecule has 0 atom stereocenters. The maximum Gasteiger partial charge on any atom is 0.271 e. The van der Waals surface area contributed by atoms with E-state index in [4.69, 9.17) is 0 Å². The second-order valence-electron chi connectivity index (χ2n) is 8.43. The molecule has 0 fully saturated rings.